The fourth-order valence-electron chi connectivity index (χ4n) is 1.78. The molecule has 1 heterocycles. The van der Waals surface area contributed by atoms with Crippen LogP contribution in [0.3, 0.4) is 0 Å². The van der Waals surface area contributed by atoms with Crippen LogP contribution in [-0.4, -0.2) is 17.4 Å². The van der Waals surface area contributed by atoms with Crippen LogP contribution < -0.4 is 11.1 Å². The molecule has 0 aliphatic rings. The molecule has 100 valence electrons. The van der Waals surface area contributed by atoms with E-state index < -0.39 is 0 Å². The monoisotopic (exact) mass is 269 g/mol. The summed E-state index contributed by atoms with van der Waals surface area (Å²) < 4.78 is 0. The van der Waals surface area contributed by atoms with Gasteiger partial charge in [-0.25, -0.2) is 4.98 Å². The average molecular weight is 270 g/mol. The summed E-state index contributed by atoms with van der Waals surface area (Å²) in [5, 5.41) is 3.31. The molecular formula is C13H20ClN3O. The summed E-state index contributed by atoms with van der Waals surface area (Å²) in [6.45, 7) is 2.80. The van der Waals surface area contributed by atoms with Gasteiger partial charge in [-0.3, -0.25) is 4.79 Å². The van der Waals surface area contributed by atoms with Gasteiger partial charge in [-0.2, -0.15) is 0 Å². The molecule has 4 nitrogen and oxygen atoms in total. The van der Waals surface area contributed by atoms with Gasteiger partial charge in [0.2, 0.25) is 5.91 Å². The number of carbonyl (C=O) groups is 1. The summed E-state index contributed by atoms with van der Waals surface area (Å²) in [5.74, 6) is 1.05. The van der Waals surface area contributed by atoms with E-state index in [2.05, 4.69) is 17.2 Å². The van der Waals surface area contributed by atoms with E-state index in [9.17, 15) is 4.79 Å². The number of nitrogens with one attached hydrogen (secondary N) is 1. The second kappa shape index (κ2) is 8.06. The minimum absolute atomic E-state index is 0.0136. The van der Waals surface area contributed by atoms with Crippen molar-refractivity contribution in [1.82, 2.24) is 4.98 Å². The van der Waals surface area contributed by atoms with Crippen molar-refractivity contribution in [2.45, 2.75) is 32.6 Å². The third-order valence-electron chi connectivity index (χ3n) is 2.93. The molecule has 1 aromatic rings. The number of aromatic nitrogens is 1. The lowest BCUT2D eigenvalue weighted by atomic mass is 9.96. The molecule has 1 amide bonds. The smallest absolute Gasteiger partial charge is 0.225 e. The molecule has 5 heteroatoms. The molecule has 18 heavy (non-hydrogen) atoms. The third kappa shape index (κ3) is 5.47. The van der Waals surface area contributed by atoms with E-state index in [1.807, 2.05) is 0 Å². The fraction of sp³-hybridized carbons (Fsp3) is 0.538. The zero-order valence-electron chi connectivity index (χ0n) is 10.7. The number of pyridine rings is 1. The van der Waals surface area contributed by atoms with Crippen LogP contribution in [0.15, 0.2) is 18.3 Å². The molecule has 1 unspecified atom stereocenters. The Kier molecular flexibility index (Phi) is 6.68. The van der Waals surface area contributed by atoms with Crippen molar-refractivity contribution < 1.29 is 4.79 Å². The van der Waals surface area contributed by atoms with Crippen molar-refractivity contribution in [3.63, 3.8) is 0 Å². The predicted molar refractivity (Wildman–Crippen MR) is 74.6 cm³/mol. The number of halogens is 1. The quantitative estimate of drug-likeness (QED) is 0.800. The van der Waals surface area contributed by atoms with Crippen LogP contribution in [0.4, 0.5) is 5.82 Å². The van der Waals surface area contributed by atoms with E-state index in [0.717, 1.165) is 19.3 Å². The van der Waals surface area contributed by atoms with Gasteiger partial charge in [0.15, 0.2) is 0 Å². The lowest BCUT2D eigenvalue weighted by Gasteiger charge is -2.12. The Morgan fingerprint density at radius 2 is 2.28 bits per heavy atom. The Balaban J connectivity index is 2.35. The van der Waals surface area contributed by atoms with Gasteiger partial charge in [0, 0.05) is 12.6 Å². The molecule has 1 rings (SSSR count). The molecule has 0 spiro atoms. The van der Waals surface area contributed by atoms with Crippen molar-refractivity contribution in [3.8, 4) is 0 Å². The van der Waals surface area contributed by atoms with E-state index >= 15 is 0 Å². The van der Waals surface area contributed by atoms with Crippen molar-refractivity contribution in [2.75, 3.05) is 11.9 Å². The highest BCUT2D eigenvalue weighted by molar-refractivity contribution is 6.30. The number of rotatable bonds is 7. The third-order valence-corrected chi connectivity index (χ3v) is 3.15. The van der Waals surface area contributed by atoms with Crippen LogP contribution in [0.2, 0.25) is 5.02 Å². The van der Waals surface area contributed by atoms with E-state index in [4.69, 9.17) is 17.3 Å². The average Bonchev–Trinajstić information content (AvgIpc) is 2.37. The van der Waals surface area contributed by atoms with Crippen LogP contribution in [-0.2, 0) is 4.79 Å². The van der Waals surface area contributed by atoms with Gasteiger partial charge in [-0.1, -0.05) is 24.9 Å². The van der Waals surface area contributed by atoms with Gasteiger partial charge in [-0.15, -0.1) is 0 Å². The molecular weight excluding hydrogens is 250 g/mol. The summed E-state index contributed by atoms with van der Waals surface area (Å²) >= 11 is 5.72. The standard InChI is InChI=1S/C13H20ClN3O/c1-2-10(7-8-15)3-6-13(18)17-12-5-4-11(14)9-16-12/h4-5,9-10H,2-3,6-8,15H2,1H3,(H,16,17,18). The molecule has 0 aromatic carbocycles. The number of nitrogens with zero attached hydrogens (tertiary/aromatic N) is 1. The van der Waals surface area contributed by atoms with Gasteiger partial charge in [0.05, 0.1) is 5.02 Å². The first-order valence-electron chi connectivity index (χ1n) is 6.27. The van der Waals surface area contributed by atoms with Crippen molar-refractivity contribution in [1.29, 1.82) is 0 Å². The fourth-order valence-corrected chi connectivity index (χ4v) is 1.89. The summed E-state index contributed by atoms with van der Waals surface area (Å²) in [5.41, 5.74) is 5.53. The Hall–Kier alpha value is -1.13. The van der Waals surface area contributed by atoms with E-state index in [-0.39, 0.29) is 5.91 Å². The van der Waals surface area contributed by atoms with Crippen LogP contribution in [0.1, 0.15) is 32.6 Å². The molecule has 0 saturated carbocycles. The Labute approximate surface area is 113 Å². The molecule has 0 bridgehead atoms. The number of amides is 1. The molecule has 1 aromatic heterocycles. The highest BCUT2D eigenvalue weighted by atomic mass is 35.5. The largest absolute Gasteiger partial charge is 0.330 e. The Morgan fingerprint density at radius 1 is 1.50 bits per heavy atom. The van der Waals surface area contributed by atoms with Crippen LogP contribution in [0.5, 0.6) is 0 Å². The van der Waals surface area contributed by atoms with Crippen LogP contribution >= 0.6 is 11.6 Å². The number of hydrogen-bond acceptors (Lipinski definition) is 3. The maximum atomic E-state index is 11.7. The highest BCUT2D eigenvalue weighted by Gasteiger charge is 2.09. The second-order valence-electron chi connectivity index (χ2n) is 4.30. The highest BCUT2D eigenvalue weighted by Crippen LogP contribution is 2.15. The lowest BCUT2D eigenvalue weighted by Crippen LogP contribution is -2.15. The summed E-state index contributed by atoms with van der Waals surface area (Å²) in [6, 6.07) is 3.39. The minimum atomic E-state index is -0.0136. The maximum Gasteiger partial charge on any atom is 0.225 e. The number of nitrogens with two attached hydrogens (primary N) is 1. The zero-order chi connectivity index (χ0) is 13.4. The SMILES string of the molecule is CCC(CCN)CCC(=O)Nc1ccc(Cl)cn1. The van der Waals surface area contributed by atoms with E-state index in [1.54, 1.807) is 12.1 Å². The number of carbonyl (C=O) groups excluding carboxylic acids is 1. The van der Waals surface area contributed by atoms with Crippen molar-refractivity contribution in [3.05, 3.63) is 23.4 Å². The van der Waals surface area contributed by atoms with Gasteiger partial charge in [0.25, 0.3) is 0 Å². The molecule has 3 N–H and O–H groups in total. The van der Waals surface area contributed by atoms with E-state index in [0.29, 0.717) is 29.7 Å². The Morgan fingerprint density at radius 3 is 2.83 bits per heavy atom. The van der Waals surface area contributed by atoms with Crippen molar-refractivity contribution >= 4 is 23.3 Å². The predicted octanol–water partition coefficient (Wildman–Crippen LogP) is 2.83. The first-order chi connectivity index (χ1) is 8.65. The van der Waals surface area contributed by atoms with Gasteiger partial charge in [-0.05, 0) is 37.4 Å². The van der Waals surface area contributed by atoms with E-state index in [1.165, 1.54) is 6.20 Å². The summed E-state index contributed by atoms with van der Waals surface area (Å²) in [6.07, 6.45) is 4.92. The molecule has 0 aliphatic heterocycles. The first kappa shape index (κ1) is 14.9. The second-order valence-corrected chi connectivity index (χ2v) is 4.74. The number of hydrogen-bond donors (Lipinski definition) is 2. The Bertz CT molecular complexity index is 367. The topological polar surface area (TPSA) is 68.0 Å². The zero-order valence-corrected chi connectivity index (χ0v) is 11.4. The molecule has 0 aliphatic carbocycles. The molecule has 0 fully saturated rings. The molecule has 0 radical (unpaired) electrons. The molecule has 1 atom stereocenters. The normalized spacial score (nSPS) is 12.2. The van der Waals surface area contributed by atoms with Crippen molar-refractivity contribution in [2.24, 2.45) is 11.7 Å². The van der Waals surface area contributed by atoms with Crippen LogP contribution in [0, 0.1) is 5.92 Å². The lowest BCUT2D eigenvalue weighted by molar-refractivity contribution is -0.116. The summed E-state index contributed by atoms with van der Waals surface area (Å²) in [7, 11) is 0. The van der Waals surface area contributed by atoms with Gasteiger partial charge in [0.1, 0.15) is 5.82 Å². The van der Waals surface area contributed by atoms with Gasteiger partial charge >= 0.3 is 0 Å². The molecule has 0 saturated heterocycles. The maximum absolute atomic E-state index is 11.7. The minimum Gasteiger partial charge on any atom is -0.330 e. The van der Waals surface area contributed by atoms with Crippen LogP contribution in [0.25, 0.3) is 0 Å². The first-order valence-corrected chi connectivity index (χ1v) is 6.65. The summed E-state index contributed by atoms with van der Waals surface area (Å²) in [4.78, 5) is 15.7. The number of anilines is 1. The van der Waals surface area contributed by atoms with Gasteiger partial charge < -0.3 is 11.1 Å².